The molecule has 0 fully saturated rings. The van der Waals surface area contributed by atoms with Crippen LogP contribution in [0.3, 0.4) is 0 Å². The molecule has 0 aliphatic rings. The second kappa shape index (κ2) is 10.5. The molecular weight excluding hydrogens is 453 g/mol. The monoisotopic (exact) mass is 473 g/mol. The first-order valence-electron chi connectivity index (χ1n) is 9.42. The lowest BCUT2D eigenvalue weighted by Gasteiger charge is -2.12. The molecule has 0 saturated carbocycles. The number of hydrogen-bond acceptors (Lipinski definition) is 8. The van der Waals surface area contributed by atoms with E-state index in [1.165, 1.54) is 26.4 Å². The van der Waals surface area contributed by atoms with Crippen LogP contribution >= 0.6 is 11.8 Å². The van der Waals surface area contributed by atoms with Crippen molar-refractivity contribution in [2.45, 2.75) is 5.16 Å². The number of halogens is 1. The molecule has 0 spiro atoms. The van der Waals surface area contributed by atoms with Crippen molar-refractivity contribution in [1.82, 2.24) is 9.97 Å². The van der Waals surface area contributed by atoms with Crippen LogP contribution in [-0.4, -0.2) is 41.8 Å². The van der Waals surface area contributed by atoms with E-state index in [0.29, 0.717) is 17.2 Å². The first-order chi connectivity index (χ1) is 15.8. The van der Waals surface area contributed by atoms with Crippen molar-refractivity contribution in [1.29, 1.82) is 0 Å². The zero-order valence-corrected chi connectivity index (χ0v) is 18.4. The van der Waals surface area contributed by atoms with Crippen LogP contribution in [0.5, 0.6) is 11.5 Å². The van der Waals surface area contributed by atoms with Crippen molar-refractivity contribution in [3.63, 3.8) is 0 Å². The number of carbonyl (C=O) groups excluding carboxylic acids is 2. The number of anilines is 3. The second-order valence-electron chi connectivity index (χ2n) is 6.50. The Labute approximate surface area is 191 Å². The highest BCUT2D eigenvalue weighted by Crippen LogP contribution is 2.29. The Hall–Kier alpha value is -4.06. The van der Waals surface area contributed by atoms with Gasteiger partial charge in [-0.05, 0) is 36.4 Å². The predicted molar refractivity (Wildman–Crippen MR) is 123 cm³/mol. The van der Waals surface area contributed by atoms with Crippen LogP contribution in [0, 0.1) is 5.82 Å². The highest BCUT2D eigenvalue weighted by Gasteiger charge is 2.15. The Morgan fingerprint density at radius 3 is 2.48 bits per heavy atom. The van der Waals surface area contributed by atoms with Crippen molar-refractivity contribution in [3.8, 4) is 11.5 Å². The summed E-state index contributed by atoms with van der Waals surface area (Å²) in [4.78, 5) is 43.5. The number of methoxy groups -OCH3 is 2. The van der Waals surface area contributed by atoms with Gasteiger partial charge in [-0.25, -0.2) is 9.37 Å². The molecule has 2 amide bonds. The third kappa shape index (κ3) is 6.01. The van der Waals surface area contributed by atoms with Gasteiger partial charge in [0, 0.05) is 11.6 Å². The third-order valence-electron chi connectivity index (χ3n) is 4.29. The highest BCUT2D eigenvalue weighted by molar-refractivity contribution is 7.99. The number of nitrogen functional groups attached to an aromatic ring is 1. The maximum atomic E-state index is 13.0. The van der Waals surface area contributed by atoms with E-state index >= 15 is 0 Å². The SMILES string of the molecule is COc1ccc(OC)c(NC(=O)CSc2nc(N)c(NC(=O)c3ccc(F)cc3)c(=O)[nH]2)c1. The summed E-state index contributed by atoms with van der Waals surface area (Å²) in [6.07, 6.45) is 0. The number of nitrogens with one attached hydrogen (secondary N) is 3. The number of nitrogens with two attached hydrogens (primary N) is 1. The van der Waals surface area contributed by atoms with Gasteiger partial charge in [-0.3, -0.25) is 19.4 Å². The normalized spacial score (nSPS) is 10.4. The molecule has 2 aromatic carbocycles. The van der Waals surface area contributed by atoms with E-state index in [9.17, 15) is 18.8 Å². The molecule has 0 aliphatic heterocycles. The van der Waals surface area contributed by atoms with Crippen molar-refractivity contribution < 1.29 is 23.5 Å². The summed E-state index contributed by atoms with van der Waals surface area (Å²) in [6, 6.07) is 9.72. The number of nitrogens with zero attached hydrogens (tertiary/aromatic N) is 1. The largest absolute Gasteiger partial charge is 0.497 e. The van der Waals surface area contributed by atoms with Gasteiger partial charge in [-0.2, -0.15) is 0 Å². The summed E-state index contributed by atoms with van der Waals surface area (Å²) < 4.78 is 23.4. The molecule has 0 saturated heterocycles. The van der Waals surface area contributed by atoms with E-state index < -0.39 is 17.3 Å². The number of aromatic nitrogens is 2. The van der Waals surface area contributed by atoms with Crippen molar-refractivity contribution in [2.24, 2.45) is 0 Å². The van der Waals surface area contributed by atoms with E-state index in [0.717, 1.165) is 23.9 Å². The van der Waals surface area contributed by atoms with Crippen LogP contribution in [0.1, 0.15) is 10.4 Å². The smallest absolute Gasteiger partial charge is 0.277 e. The van der Waals surface area contributed by atoms with Crippen molar-refractivity contribution >= 4 is 40.8 Å². The molecular formula is C21H20FN5O5S. The minimum Gasteiger partial charge on any atom is -0.497 e. The van der Waals surface area contributed by atoms with E-state index in [-0.39, 0.29) is 33.9 Å². The summed E-state index contributed by atoms with van der Waals surface area (Å²) in [6.45, 7) is 0. The lowest BCUT2D eigenvalue weighted by Crippen LogP contribution is -2.23. The molecule has 33 heavy (non-hydrogen) atoms. The van der Waals surface area contributed by atoms with E-state index in [1.807, 2.05) is 0 Å². The fraction of sp³-hybridized carbons (Fsp3) is 0.143. The number of rotatable bonds is 8. The molecule has 0 atom stereocenters. The van der Waals surface area contributed by atoms with Gasteiger partial charge < -0.3 is 25.8 Å². The van der Waals surface area contributed by atoms with Gasteiger partial charge >= 0.3 is 0 Å². The molecule has 0 radical (unpaired) electrons. The molecule has 10 nitrogen and oxygen atoms in total. The van der Waals surface area contributed by atoms with Crippen LogP contribution in [0.2, 0.25) is 0 Å². The lowest BCUT2D eigenvalue weighted by atomic mass is 10.2. The Morgan fingerprint density at radius 2 is 1.85 bits per heavy atom. The van der Waals surface area contributed by atoms with Crippen LogP contribution < -0.4 is 31.4 Å². The number of ether oxygens (including phenoxy) is 2. The number of thioether (sulfide) groups is 1. The van der Waals surface area contributed by atoms with Crippen LogP contribution in [0.25, 0.3) is 0 Å². The van der Waals surface area contributed by atoms with Crippen molar-refractivity contribution in [3.05, 3.63) is 64.2 Å². The molecule has 0 aliphatic carbocycles. The summed E-state index contributed by atoms with van der Waals surface area (Å²) in [5.74, 6) is -0.874. The average Bonchev–Trinajstić information content (AvgIpc) is 2.80. The molecule has 5 N–H and O–H groups in total. The number of amides is 2. The lowest BCUT2D eigenvalue weighted by molar-refractivity contribution is -0.113. The number of carbonyl (C=O) groups is 2. The number of H-pyrrole nitrogens is 1. The summed E-state index contributed by atoms with van der Waals surface area (Å²) in [5, 5.41) is 5.14. The molecule has 3 rings (SSSR count). The fourth-order valence-corrected chi connectivity index (χ4v) is 3.35. The topological polar surface area (TPSA) is 148 Å². The Kier molecular flexibility index (Phi) is 7.51. The minimum absolute atomic E-state index is 0.0880. The van der Waals surface area contributed by atoms with Crippen LogP contribution in [-0.2, 0) is 4.79 Å². The van der Waals surface area contributed by atoms with Gasteiger partial charge in [-0.1, -0.05) is 11.8 Å². The number of aromatic amines is 1. The van der Waals surface area contributed by atoms with Gasteiger partial charge in [-0.15, -0.1) is 0 Å². The molecule has 172 valence electrons. The number of hydrogen-bond donors (Lipinski definition) is 4. The van der Waals surface area contributed by atoms with Crippen molar-refractivity contribution in [2.75, 3.05) is 36.3 Å². The zero-order chi connectivity index (χ0) is 24.0. The maximum Gasteiger partial charge on any atom is 0.277 e. The first kappa shape index (κ1) is 23.6. The maximum absolute atomic E-state index is 13.0. The van der Waals surface area contributed by atoms with Gasteiger partial charge in [0.2, 0.25) is 5.91 Å². The standard InChI is InChI=1S/C21H20FN5O5S/c1-31-13-7-8-15(32-2)14(9-13)24-16(28)10-33-21-26-18(23)17(20(30)27-21)25-19(29)11-3-5-12(22)6-4-11/h3-9H,10H2,1-2H3,(H,24,28)(H,25,29)(H3,23,26,27,30). The molecule has 0 unspecified atom stereocenters. The first-order valence-corrected chi connectivity index (χ1v) is 10.4. The van der Waals surface area contributed by atoms with Crippen LogP contribution in [0.4, 0.5) is 21.6 Å². The Morgan fingerprint density at radius 1 is 1.12 bits per heavy atom. The molecule has 1 heterocycles. The van der Waals surface area contributed by atoms with E-state index in [4.69, 9.17) is 15.2 Å². The van der Waals surface area contributed by atoms with E-state index in [1.54, 1.807) is 18.2 Å². The quantitative estimate of drug-likeness (QED) is 0.288. The molecule has 1 aromatic heterocycles. The zero-order valence-electron chi connectivity index (χ0n) is 17.6. The molecule has 12 heteroatoms. The molecule has 0 bridgehead atoms. The Bertz CT molecular complexity index is 1230. The predicted octanol–water partition coefficient (Wildman–Crippen LogP) is 2.49. The van der Waals surface area contributed by atoms with Gasteiger partial charge in [0.15, 0.2) is 11.0 Å². The highest BCUT2D eigenvalue weighted by atomic mass is 32.2. The van der Waals surface area contributed by atoms with Gasteiger partial charge in [0.25, 0.3) is 11.5 Å². The Balaban J connectivity index is 1.65. The average molecular weight is 473 g/mol. The van der Waals surface area contributed by atoms with E-state index in [2.05, 4.69) is 20.6 Å². The molecule has 3 aromatic rings. The summed E-state index contributed by atoms with van der Waals surface area (Å²) in [7, 11) is 2.97. The number of benzene rings is 2. The van der Waals surface area contributed by atoms with Crippen LogP contribution in [0.15, 0.2) is 52.4 Å². The van der Waals surface area contributed by atoms with Gasteiger partial charge in [0.05, 0.1) is 25.7 Å². The summed E-state index contributed by atoms with van der Waals surface area (Å²) >= 11 is 0.940. The summed E-state index contributed by atoms with van der Waals surface area (Å²) in [5.41, 5.74) is 5.43. The second-order valence-corrected chi connectivity index (χ2v) is 7.46. The minimum atomic E-state index is -0.699. The van der Waals surface area contributed by atoms with Gasteiger partial charge in [0.1, 0.15) is 23.0 Å². The fourth-order valence-electron chi connectivity index (χ4n) is 2.68. The third-order valence-corrected chi connectivity index (χ3v) is 5.16.